The summed E-state index contributed by atoms with van der Waals surface area (Å²) >= 11 is 0. The maximum atomic E-state index is 13.8. The van der Waals surface area contributed by atoms with Crippen LogP contribution >= 0.6 is 0 Å². The Labute approximate surface area is 122 Å². The number of ether oxygens (including phenoxy) is 1. The lowest BCUT2D eigenvalue weighted by molar-refractivity contribution is -0.126. The summed E-state index contributed by atoms with van der Waals surface area (Å²) in [5.74, 6) is -1.50. The fraction of sp³-hybridized carbons (Fsp3) is 0.429. The molecule has 0 spiro atoms. The number of carbonyl (C=O) groups is 2. The van der Waals surface area contributed by atoms with Gasteiger partial charge in [0.1, 0.15) is 0 Å². The van der Waals surface area contributed by atoms with Crippen LogP contribution in [-0.2, 0) is 4.79 Å². The number of rotatable bonds is 5. The summed E-state index contributed by atoms with van der Waals surface area (Å²) in [6.45, 7) is 5.00. The van der Waals surface area contributed by atoms with E-state index in [4.69, 9.17) is 4.74 Å². The zero-order chi connectivity index (χ0) is 16.0. The molecule has 6 nitrogen and oxygen atoms in total. The Balaban J connectivity index is 2.68. The van der Waals surface area contributed by atoms with Crippen molar-refractivity contribution in [3.8, 4) is 5.75 Å². The van der Waals surface area contributed by atoms with Gasteiger partial charge in [0.15, 0.2) is 17.7 Å². The number of hydrogen-bond donors (Lipinski definition) is 3. The van der Waals surface area contributed by atoms with Gasteiger partial charge < -0.3 is 15.2 Å². The molecule has 1 aromatic rings. The monoisotopic (exact) mass is 298 g/mol. The highest BCUT2D eigenvalue weighted by molar-refractivity contribution is 5.96. The van der Waals surface area contributed by atoms with E-state index in [0.717, 1.165) is 6.07 Å². The number of benzene rings is 1. The van der Waals surface area contributed by atoms with Gasteiger partial charge in [-0.2, -0.15) is 0 Å². The van der Waals surface area contributed by atoms with Crippen LogP contribution in [0.4, 0.5) is 9.18 Å². The van der Waals surface area contributed by atoms with E-state index < -0.39 is 30.0 Å². The first-order valence-corrected chi connectivity index (χ1v) is 6.58. The van der Waals surface area contributed by atoms with Crippen LogP contribution in [0.3, 0.4) is 0 Å². The Kier molecular flexibility index (Phi) is 6.10. The molecule has 3 N–H and O–H groups in total. The van der Waals surface area contributed by atoms with Crippen molar-refractivity contribution in [3.05, 3.63) is 29.6 Å². The predicted molar refractivity (Wildman–Crippen MR) is 74.3 cm³/mol. The third-order valence-electron chi connectivity index (χ3n) is 2.69. The van der Waals surface area contributed by atoms with Gasteiger partial charge in [-0.1, -0.05) is 6.07 Å². The topological polar surface area (TPSA) is 87.7 Å². The number of amides is 3. The zero-order valence-electron chi connectivity index (χ0n) is 12.1. The Morgan fingerprint density at radius 2 is 2.05 bits per heavy atom. The van der Waals surface area contributed by atoms with E-state index in [1.54, 1.807) is 6.92 Å². The minimum absolute atomic E-state index is 0.127. The second-order valence-corrected chi connectivity index (χ2v) is 4.47. The molecule has 116 valence electrons. The smallest absolute Gasteiger partial charge is 0.321 e. The lowest BCUT2D eigenvalue weighted by Gasteiger charge is -2.15. The van der Waals surface area contributed by atoms with Crippen molar-refractivity contribution in [2.24, 2.45) is 0 Å². The summed E-state index contributed by atoms with van der Waals surface area (Å²) < 4.78 is 18.9. The van der Waals surface area contributed by atoms with E-state index in [1.807, 2.05) is 0 Å². The van der Waals surface area contributed by atoms with Gasteiger partial charge in [-0.05, 0) is 38.5 Å². The summed E-state index contributed by atoms with van der Waals surface area (Å²) in [6, 6.07) is 3.32. The van der Waals surface area contributed by atoms with Crippen molar-refractivity contribution >= 4 is 11.9 Å². The Hall–Kier alpha value is -2.15. The first-order chi connectivity index (χ1) is 9.85. The second kappa shape index (κ2) is 7.58. The number of aliphatic hydroxyl groups excluding tert-OH is 1. The maximum absolute atomic E-state index is 13.8. The maximum Gasteiger partial charge on any atom is 0.321 e. The average Bonchev–Trinajstić information content (AvgIpc) is 2.40. The van der Waals surface area contributed by atoms with E-state index >= 15 is 0 Å². The second-order valence-electron chi connectivity index (χ2n) is 4.47. The highest BCUT2D eigenvalue weighted by Crippen LogP contribution is 2.22. The van der Waals surface area contributed by atoms with Gasteiger partial charge in [0.05, 0.1) is 6.10 Å². The van der Waals surface area contributed by atoms with Crippen LogP contribution in [-0.4, -0.2) is 29.7 Å². The van der Waals surface area contributed by atoms with E-state index in [9.17, 15) is 19.1 Å². The highest BCUT2D eigenvalue weighted by atomic mass is 19.1. The van der Waals surface area contributed by atoms with Gasteiger partial charge in [-0.15, -0.1) is 0 Å². The van der Waals surface area contributed by atoms with Crippen LogP contribution in [0.2, 0.25) is 0 Å². The molecule has 1 aromatic carbocycles. The van der Waals surface area contributed by atoms with Crippen LogP contribution in [0, 0.1) is 5.82 Å². The number of hydrogen-bond acceptors (Lipinski definition) is 4. The fourth-order valence-corrected chi connectivity index (χ4v) is 1.53. The number of aliphatic hydroxyl groups is 1. The molecule has 0 radical (unpaired) electrons. The van der Waals surface area contributed by atoms with Crippen LogP contribution in [0.25, 0.3) is 0 Å². The van der Waals surface area contributed by atoms with Gasteiger partial charge in [0.25, 0.3) is 5.91 Å². The molecule has 0 saturated carbocycles. The first-order valence-electron chi connectivity index (χ1n) is 6.58. The highest BCUT2D eigenvalue weighted by Gasteiger charge is 2.19. The third kappa shape index (κ3) is 5.03. The summed E-state index contributed by atoms with van der Waals surface area (Å²) in [5.41, 5.74) is 0.402. The van der Waals surface area contributed by atoms with E-state index in [0.29, 0.717) is 12.1 Å². The minimum atomic E-state index is -1.04. The average molecular weight is 298 g/mol. The Morgan fingerprint density at radius 3 is 2.57 bits per heavy atom. The standard InChI is InChI=1S/C14H19FN2O4/c1-4-16-14(20)17-13(19)9(3)21-12-6-5-10(8(2)18)7-11(12)15/h5-9,18H,4H2,1-3H3,(H2,16,17,19,20). The van der Waals surface area contributed by atoms with Crippen molar-refractivity contribution < 1.29 is 23.8 Å². The van der Waals surface area contributed by atoms with Gasteiger partial charge >= 0.3 is 6.03 Å². The molecule has 0 aliphatic heterocycles. The molecule has 0 aliphatic rings. The van der Waals surface area contributed by atoms with Gasteiger partial charge in [0.2, 0.25) is 0 Å². The first kappa shape index (κ1) is 16.9. The van der Waals surface area contributed by atoms with Crippen LogP contribution in [0.5, 0.6) is 5.75 Å². The Bertz CT molecular complexity index is 520. The van der Waals surface area contributed by atoms with Gasteiger partial charge in [-0.25, -0.2) is 9.18 Å². The number of urea groups is 1. The zero-order valence-corrected chi connectivity index (χ0v) is 12.1. The quantitative estimate of drug-likeness (QED) is 0.768. The lowest BCUT2D eigenvalue weighted by Crippen LogP contribution is -2.45. The van der Waals surface area contributed by atoms with Crippen molar-refractivity contribution in [2.45, 2.75) is 33.0 Å². The van der Waals surface area contributed by atoms with Gasteiger partial charge in [-0.3, -0.25) is 10.1 Å². The SMILES string of the molecule is CCNC(=O)NC(=O)C(C)Oc1ccc(C(C)O)cc1F. The minimum Gasteiger partial charge on any atom is -0.478 e. The third-order valence-corrected chi connectivity index (χ3v) is 2.69. The lowest BCUT2D eigenvalue weighted by atomic mass is 10.1. The predicted octanol–water partition coefficient (Wildman–Crippen LogP) is 1.49. The summed E-state index contributed by atoms with van der Waals surface area (Å²) in [7, 11) is 0. The molecule has 0 aromatic heterocycles. The molecule has 3 amide bonds. The van der Waals surface area contributed by atoms with Crippen LogP contribution in [0.1, 0.15) is 32.4 Å². The normalized spacial score (nSPS) is 13.2. The summed E-state index contributed by atoms with van der Waals surface area (Å²) in [5, 5.41) is 13.8. The molecule has 7 heteroatoms. The van der Waals surface area contributed by atoms with Crippen molar-refractivity contribution in [1.29, 1.82) is 0 Å². The van der Waals surface area contributed by atoms with Crippen molar-refractivity contribution in [1.82, 2.24) is 10.6 Å². The largest absolute Gasteiger partial charge is 0.478 e. The molecule has 0 heterocycles. The molecule has 0 aliphatic carbocycles. The number of imide groups is 1. The van der Waals surface area contributed by atoms with E-state index in [-0.39, 0.29) is 5.75 Å². The van der Waals surface area contributed by atoms with E-state index in [2.05, 4.69) is 10.6 Å². The molecule has 2 unspecified atom stereocenters. The van der Waals surface area contributed by atoms with Crippen LogP contribution in [0.15, 0.2) is 18.2 Å². The summed E-state index contributed by atoms with van der Waals surface area (Å²) in [4.78, 5) is 22.9. The number of nitrogens with one attached hydrogen (secondary N) is 2. The molecule has 0 fully saturated rings. The van der Waals surface area contributed by atoms with E-state index in [1.165, 1.54) is 26.0 Å². The van der Waals surface area contributed by atoms with Crippen molar-refractivity contribution in [3.63, 3.8) is 0 Å². The molecule has 0 saturated heterocycles. The number of carbonyl (C=O) groups excluding carboxylic acids is 2. The fourth-order valence-electron chi connectivity index (χ4n) is 1.53. The number of halogens is 1. The molecule has 1 rings (SSSR count). The molecular weight excluding hydrogens is 279 g/mol. The van der Waals surface area contributed by atoms with Crippen LogP contribution < -0.4 is 15.4 Å². The summed E-state index contributed by atoms with van der Waals surface area (Å²) in [6.07, 6.45) is -1.84. The molecule has 21 heavy (non-hydrogen) atoms. The molecule has 0 bridgehead atoms. The van der Waals surface area contributed by atoms with Gasteiger partial charge in [0, 0.05) is 6.54 Å². The van der Waals surface area contributed by atoms with Crippen molar-refractivity contribution in [2.75, 3.05) is 6.54 Å². The molecule has 2 atom stereocenters. The Morgan fingerprint density at radius 1 is 1.38 bits per heavy atom. The molecular formula is C14H19FN2O4.